The van der Waals surface area contributed by atoms with Crippen LogP contribution in [0.5, 0.6) is 0 Å². The Morgan fingerprint density at radius 3 is 2.75 bits per heavy atom. The largest absolute Gasteiger partial charge is 0.397 e. The summed E-state index contributed by atoms with van der Waals surface area (Å²) in [5.41, 5.74) is 9.26. The van der Waals surface area contributed by atoms with Gasteiger partial charge in [0.05, 0.1) is 17.5 Å². The van der Waals surface area contributed by atoms with E-state index in [2.05, 4.69) is 22.3 Å². The van der Waals surface area contributed by atoms with Crippen LogP contribution >= 0.6 is 0 Å². The fourth-order valence-corrected chi connectivity index (χ4v) is 2.97. The molecule has 134 valence electrons. The number of ether oxygens (including phenoxy) is 1. The summed E-state index contributed by atoms with van der Waals surface area (Å²) < 4.78 is 5.45. The number of benzene rings is 1. The second-order valence-electron chi connectivity index (χ2n) is 6.71. The summed E-state index contributed by atoms with van der Waals surface area (Å²) in [6.07, 6.45) is 4.79. The summed E-state index contributed by atoms with van der Waals surface area (Å²) in [4.78, 5) is 14.2. The summed E-state index contributed by atoms with van der Waals surface area (Å²) in [7, 11) is 0. The lowest BCUT2D eigenvalue weighted by molar-refractivity contribution is -0.121. The van der Waals surface area contributed by atoms with Gasteiger partial charge in [0.25, 0.3) is 0 Å². The molecular weight excluding hydrogens is 302 g/mol. The molecule has 0 bridgehead atoms. The molecule has 0 aromatic heterocycles. The van der Waals surface area contributed by atoms with Gasteiger partial charge in [-0.15, -0.1) is 0 Å². The van der Waals surface area contributed by atoms with Gasteiger partial charge >= 0.3 is 0 Å². The zero-order valence-electron chi connectivity index (χ0n) is 15.0. The number of nitrogen functional groups attached to an aromatic ring is 1. The monoisotopic (exact) mass is 333 g/mol. The lowest BCUT2D eigenvalue weighted by Gasteiger charge is -2.20. The number of hydrogen-bond donors (Lipinski definition) is 2. The molecular formula is C19H31N3O2. The van der Waals surface area contributed by atoms with Crippen molar-refractivity contribution in [2.24, 2.45) is 0 Å². The van der Waals surface area contributed by atoms with Crippen LogP contribution in [0.1, 0.15) is 45.1 Å². The van der Waals surface area contributed by atoms with E-state index in [0.29, 0.717) is 19.6 Å². The lowest BCUT2D eigenvalue weighted by atomic mass is 10.1. The van der Waals surface area contributed by atoms with Crippen molar-refractivity contribution >= 4 is 17.3 Å². The second kappa shape index (κ2) is 9.52. The number of amides is 1. The average molecular weight is 333 g/mol. The molecule has 0 aliphatic carbocycles. The highest BCUT2D eigenvalue weighted by atomic mass is 16.5. The summed E-state index contributed by atoms with van der Waals surface area (Å²) in [5, 5.41) is 2.94. The molecule has 5 heteroatoms. The zero-order valence-corrected chi connectivity index (χ0v) is 15.0. The third-order valence-electron chi connectivity index (χ3n) is 4.27. The maximum atomic E-state index is 11.9. The Labute approximate surface area is 145 Å². The lowest BCUT2D eigenvalue weighted by Crippen LogP contribution is -2.25. The second-order valence-corrected chi connectivity index (χ2v) is 6.71. The molecule has 1 saturated heterocycles. The first kappa shape index (κ1) is 18.6. The first-order valence-corrected chi connectivity index (χ1v) is 9.08. The van der Waals surface area contributed by atoms with Crippen LogP contribution in [0.15, 0.2) is 18.2 Å². The van der Waals surface area contributed by atoms with Gasteiger partial charge in [-0.05, 0) is 57.2 Å². The van der Waals surface area contributed by atoms with E-state index in [-0.39, 0.29) is 12.0 Å². The summed E-state index contributed by atoms with van der Waals surface area (Å²) in [5.74, 6) is 0.0849. The van der Waals surface area contributed by atoms with E-state index in [1.807, 2.05) is 19.9 Å². The summed E-state index contributed by atoms with van der Waals surface area (Å²) >= 11 is 0. The smallest absolute Gasteiger partial charge is 0.220 e. The number of hydrogen-bond acceptors (Lipinski definition) is 4. The molecule has 5 nitrogen and oxygen atoms in total. The molecule has 0 unspecified atom stereocenters. The van der Waals surface area contributed by atoms with Gasteiger partial charge in [-0.25, -0.2) is 0 Å². The van der Waals surface area contributed by atoms with Crippen LogP contribution in [0.4, 0.5) is 11.4 Å². The van der Waals surface area contributed by atoms with Crippen LogP contribution in [0.3, 0.4) is 0 Å². The van der Waals surface area contributed by atoms with Crippen molar-refractivity contribution in [3.8, 4) is 0 Å². The van der Waals surface area contributed by atoms with Gasteiger partial charge in [0.1, 0.15) is 0 Å². The van der Waals surface area contributed by atoms with Gasteiger partial charge in [0, 0.05) is 32.7 Å². The van der Waals surface area contributed by atoms with Crippen LogP contribution in [0, 0.1) is 0 Å². The number of nitrogens with one attached hydrogen (secondary N) is 1. The van der Waals surface area contributed by atoms with Crippen molar-refractivity contribution in [1.29, 1.82) is 0 Å². The number of nitrogens with zero attached hydrogens (tertiary/aromatic N) is 1. The van der Waals surface area contributed by atoms with Crippen LogP contribution in [0.2, 0.25) is 0 Å². The first-order valence-electron chi connectivity index (χ1n) is 9.08. The van der Waals surface area contributed by atoms with Crippen LogP contribution in [-0.4, -0.2) is 38.3 Å². The minimum absolute atomic E-state index is 0.0849. The van der Waals surface area contributed by atoms with Crippen molar-refractivity contribution < 1.29 is 9.53 Å². The van der Waals surface area contributed by atoms with E-state index in [0.717, 1.165) is 42.9 Å². The fraction of sp³-hybridized carbons (Fsp3) is 0.632. The van der Waals surface area contributed by atoms with Gasteiger partial charge in [-0.3, -0.25) is 4.79 Å². The van der Waals surface area contributed by atoms with Crippen molar-refractivity contribution in [2.45, 2.75) is 52.1 Å². The molecule has 1 fully saturated rings. The fourth-order valence-electron chi connectivity index (χ4n) is 2.97. The molecule has 1 aromatic rings. The minimum Gasteiger partial charge on any atom is -0.397 e. The number of aryl methyl sites for hydroxylation is 1. The van der Waals surface area contributed by atoms with Gasteiger partial charge in [0.15, 0.2) is 0 Å². The number of anilines is 2. The van der Waals surface area contributed by atoms with E-state index in [1.54, 1.807) is 0 Å². The highest BCUT2D eigenvalue weighted by Crippen LogP contribution is 2.27. The maximum absolute atomic E-state index is 11.9. The summed E-state index contributed by atoms with van der Waals surface area (Å²) in [6.45, 7) is 7.56. The van der Waals surface area contributed by atoms with Crippen LogP contribution in [-0.2, 0) is 16.0 Å². The van der Waals surface area contributed by atoms with Crippen molar-refractivity contribution in [1.82, 2.24) is 5.32 Å². The minimum atomic E-state index is 0.0849. The SMILES string of the molecule is CC(C)OCCCNC(=O)CCc1ccc(N2CCCC2)c(N)c1. The first-order chi connectivity index (χ1) is 11.6. The van der Waals surface area contributed by atoms with Gasteiger partial charge in [0.2, 0.25) is 5.91 Å². The van der Waals surface area contributed by atoms with E-state index < -0.39 is 0 Å². The van der Waals surface area contributed by atoms with E-state index in [9.17, 15) is 4.79 Å². The van der Waals surface area contributed by atoms with E-state index in [1.165, 1.54) is 12.8 Å². The van der Waals surface area contributed by atoms with E-state index >= 15 is 0 Å². The Morgan fingerprint density at radius 2 is 2.08 bits per heavy atom. The molecule has 0 radical (unpaired) electrons. The predicted molar refractivity (Wildman–Crippen MR) is 99.3 cm³/mol. The third kappa shape index (κ3) is 6.04. The number of carbonyl (C=O) groups excluding carboxylic acids is 1. The van der Waals surface area contributed by atoms with Gasteiger partial charge < -0.3 is 20.7 Å². The Balaban J connectivity index is 1.69. The molecule has 24 heavy (non-hydrogen) atoms. The molecule has 3 N–H and O–H groups in total. The molecule has 0 atom stereocenters. The predicted octanol–water partition coefficient (Wildman–Crippen LogP) is 2.73. The number of rotatable bonds is 9. The molecule has 0 spiro atoms. The Bertz CT molecular complexity index is 525. The van der Waals surface area contributed by atoms with Crippen LogP contribution < -0.4 is 16.0 Å². The molecule has 1 aromatic carbocycles. The van der Waals surface area contributed by atoms with Crippen molar-refractivity contribution in [3.63, 3.8) is 0 Å². The Morgan fingerprint density at radius 1 is 1.33 bits per heavy atom. The zero-order chi connectivity index (χ0) is 17.4. The molecule has 1 heterocycles. The quantitative estimate of drug-likeness (QED) is 0.539. The topological polar surface area (TPSA) is 67.6 Å². The maximum Gasteiger partial charge on any atom is 0.220 e. The molecule has 2 rings (SSSR count). The van der Waals surface area contributed by atoms with Crippen molar-refractivity contribution in [2.75, 3.05) is 36.9 Å². The molecule has 1 amide bonds. The normalized spacial score (nSPS) is 14.4. The summed E-state index contributed by atoms with van der Waals surface area (Å²) in [6, 6.07) is 6.20. The average Bonchev–Trinajstić information content (AvgIpc) is 3.06. The van der Waals surface area contributed by atoms with Crippen molar-refractivity contribution in [3.05, 3.63) is 23.8 Å². The molecule has 1 aliphatic rings. The molecule has 0 saturated carbocycles. The highest BCUT2D eigenvalue weighted by Gasteiger charge is 2.15. The van der Waals surface area contributed by atoms with Gasteiger partial charge in [-0.2, -0.15) is 0 Å². The Hall–Kier alpha value is -1.75. The standard InChI is InChI=1S/C19H31N3O2/c1-15(2)24-13-5-10-21-19(23)9-7-16-6-8-18(17(20)14-16)22-11-3-4-12-22/h6,8,14-15H,3-5,7,9-13,20H2,1-2H3,(H,21,23). The van der Waals surface area contributed by atoms with Gasteiger partial charge in [-0.1, -0.05) is 6.07 Å². The Kier molecular flexibility index (Phi) is 7.37. The highest BCUT2D eigenvalue weighted by molar-refractivity contribution is 5.76. The van der Waals surface area contributed by atoms with Crippen LogP contribution in [0.25, 0.3) is 0 Å². The third-order valence-corrected chi connectivity index (χ3v) is 4.27. The van der Waals surface area contributed by atoms with E-state index in [4.69, 9.17) is 10.5 Å². The molecule has 1 aliphatic heterocycles. The number of nitrogens with two attached hydrogens (primary N) is 1. The number of carbonyl (C=O) groups is 1.